The van der Waals surface area contributed by atoms with Crippen molar-refractivity contribution < 1.29 is 38.5 Å². The van der Waals surface area contributed by atoms with E-state index < -0.39 is 47.6 Å². The minimum absolute atomic E-state index is 0.0702. The first-order chi connectivity index (χ1) is 21.9. The van der Waals surface area contributed by atoms with Gasteiger partial charge in [-0.25, -0.2) is 0 Å². The molecule has 6 rings (SSSR count). The van der Waals surface area contributed by atoms with Crippen LogP contribution in [-0.4, -0.2) is 84.8 Å². The van der Waals surface area contributed by atoms with Crippen molar-refractivity contribution in [2.75, 3.05) is 38.3 Å². The Morgan fingerprint density at radius 2 is 1.80 bits per heavy atom. The third-order valence-corrected chi connectivity index (χ3v) is 8.99. The van der Waals surface area contributed by atoms with Crippen LogP contribution in [0.2, 0.25) is 0 Å². The number of likely N-dealkylation sites (tertiary alicyclic amines) is 1. The second kappa shape index (κ2) is 12.9. The molecule has 0 bridgehead atoms. The van der Waals surface area contributed by atoms with E-state index in [1.807, 2.05) is 30.3 Å². The minimum Gasteiger partial charge on any atom is -0.497 e. The molecule has 0 unspecified atom stereocenters. The summed E-state index contributed by atoms with van der Waals surface area (Å²) in [6, 6.07) is 15.1. The second-order valence-corrected chi connectivity index (χ2v) is 11.6. The molecule has 4 aliphatic heterocycles. The highest BCUT2D eigenvalue weighted by atomic mass is 16.6. The average Bonchev–Trinajstić information content (AvgIpc) is 3.44. The van der Waals surface area contributed by atoms with Gasteiger partial charge < -0.3 is 34.4 Å². The lowest BCUT2D eigenvalue weighted by Gasteiger charge is -2.35. The molecule has 2 aromatic carbocycles. The number of hydrogen-bond donors (Lipinski definition) is 2. The molecule has 2 aromatic rings. The SMILES string of the molecule is COc1ccc(N2CC=C[C@]34O[C@@H]5/C=C\CCC(=O)NC[C@@H](c6ccccc6)OC(=O)[C@@H]5[C@H]3C(=O)N(CCCO)[C@@H]4C2=O)cc1. The number of amides is 3. The molecule has 11 nitrogen and oxygen atoms in total. The van der Waals surface area contributed by atoms with Gasteiger partial charge in [0, 0.05) is 31.8 Å². The van der Waals surface area contributed by atoms with Crippen molar-refractivity contribution >= 4 is 29.4 Å². The van der Waals surface area contributed by atoms with E-state index in [0.29, 0.717) is 23.4 Å². The van der Waals surface area contributed by atoms with E-state index in [1.54, 1.807) is 60.6 Å². The second-order valence-electron chi connectivity index (χ2n) is 11.6. The minimum atomic E-state index is -1.46. The lowest BCUT2D eigenvalue weighted by atomic mass is 9.78. The Morgan fingerprint density at radius 1 is 1.02 bits per heavy atom. The number of ether oxygens (including phenoxy) is 3. The van der Waals surface area contributed by atoms with E-state index >= 15 is 0 Å². The summed E-state index contributed by atoms with van der Waals surface area (Å²) < 4.78 is 18.1. The Hall–Kier alpha value is -4.48. The van der Waals surface area contributed by atoms with Gasteiger partial charge in [0.1, 0.15) is 29.4 Å². The Morgan fingerprint density at radius 3 is 2.53 bits per heavy atom. The summed E-state index contributed by atoms with van der Waals surface area (Å²) in [6.45, 7) is 0.225. The number of aliphatic hydroxyl groups is 1. The van der Waals surface area contributed by atoms with Crippen molar-refractivity contribution in [1.29, 1.82) is 0 Å². The van der Waals surface area contributed by atoms with Gasteiger partial charge in [0.25, 0.3) is 5.91 Å². The monoisotopic (exact) mass is 615 g/mol. The fourth-order valence-electron chi connectivity index (χ4n) is 6.88. The number of benzene rings is 2. The molecular weight excluding hydrogens is 578 g/mol. The van der Waals surface area contributed by atoms with Crippen LogP contribution >= 0.6 is 0 Å². The van der Waals surface area contributed by atoms with Gasteiger partial charge in [-0.15, -0.1) is 0 Å². The van der Waals surface area contributed by atoms with E-state index in [0.717, 1.165) is 0 Å². The summed E-state index contributed by atoms with van der Waals surface area (Å²) in [5.41, 5.74) is -0.143. The van der Waals surface area contributed by atoms with Gasteiger partial charge in [-0.2, -0.15) is 0 Å². The molecule has 11 heteroatoms. The normalized spacial score (nSPS) is 30.7. The van der Waals surface area contributed by atoms with Gasteiger partial charge in [-0.1, -0.05) is 54.6 Å². The van der Waals surface area contributed by atoms with Crippen LogP contribution in [0.3, 0.4) is 0 Å². The number of anilines is 1. The number of aliphatic hydroxyl groups excluding tert-OH is 1. The molecule has 45 heavy (non-hydrogen) atoms. The van der Waals surface area contributed by atoms with Crippen LogP contribution in [0.25, 0.3) is 0 Å². The molecular formula is C34H37N3O8. The van der Waals surface area contributed by atoms with Crippen molar-refractivity contribution in [1.82, 2.24) is 10.2 Å². The maximum absolute atomic E-state index is 14.5. The van der Waals surface area contributed by atoms with Crippen molar-refractivity contribution in [3.63, 3.8) is 0 Å². The summed E-state index contributed by atoms with van der Waals surface area (Å²) in [4.78, 5) is 58.6. The quantitative estimate of drug-likeness (QED) is 0.374. The molecule has 0 aliphatic carbocycles. The number of carbonyl (C=O) groups excluding carboxylic acids is 4. The molecule has 4 heterocycles. The predicted molar refractivity (Wildman–Crippen MR) is 163 cm³/mol. The van der Waals surface area contributed by atoms with Gasteiger partial charge in [-0.3, -0.25) is 19.2 Å². The molecule has 0 radical (unpaired) electrons. The fraction of sp³-hybridized carbons (Fsp3) is 0.412. The molecule has 3 amide bonds. The molecule has 2 N–H and O–H groups in total. The van der Waals surface area contributed by atoms with Crippen LogP contribution in [-0.2, 0) is 28.7 Å². The molecule has 1 spiro atoms. The zero-order valence-corrected chi connectivity index (χ0v) is 25.0. The Bertz CT molecular complexity index is 1490. The predicted octanol–water partition coefficient (Wildman–Crippen LogP) is 2.31. The highest BCUT2D eigenvalue weighted by Gasteiger charge is 2.71. The first-order valence-electron chi connectivity index (χ1n) is 15.3. The van der Waals surface area contributed by atoms with Crippen molar-refractivity contribution in [3.05, 3.63) is 84.5 Å². The number of hydrogen-bond acceptors (Lipinski definition) is 8. The number of fused-ring (bicyclic) bond motifs is 2. The van der Waals surface area contributed by atoms with Crippen LogP contribution in [0.4, 0.5) is 5.69 Å². The van der Waals surface area contributed by atoms with E-state index in [4.69, 9.17) is 14.2 Å². The number of cyclic esters (lactones) is 1. The van der Waals surface area contributed by atoms with E-state index in [9.17, 15) is 24.3 Å². The average molecular weight is 616 g/mol. The fourth-order valence-corrected chi connectivity index (χ4v) is 6.88. The summed E-state index contributed by atoms with van der Waals surface area (Å²) in [5.74, 6) is -3.05. The molecule has 2 fully saturated rings. The lowest BCUT2D eigenvalue weighted by molar-refractivity contribution is -0.159. The van der Waals surface area contributed by atoms with Crippen LogP contribution in [0, 0.1) is 11.8 Å². The first-order valence-corrected chi connectivity index (χ1v) is 15.3. The summed E-state index contributed by atoms with van der Waals surface area (Å²) in [5, 5.41) is 12.5. The molecule has 236 valence electrons. The number of nitrogens with zero attached hydrogens (tertiary/aromatic N) is 2. The number of nitrogens with one attached hydrogen (secondary N) is 1. The van der Waals surface area contributed by atoms with Gasteiger partial charge in [0.15, 0.2) is 0 Å². The standard InChI is InChI=1S/C34H37N3O8/c1-43-24-15-13-23(14-16-24)36-18-7-17-34-29(31(40)37(19-8-20-38)30(34)32(36)41)28-25(45-34)11-5-6-12-27(39)35-21-26(44-33(28)42)22-9-3-2-4-10-22/h2-5,7,9-11,13-17,25-26,28-30,38H,6,8,12,18-21H2,1H3,(H,35,39)/b11-5-/t25-,26+,28+,29+,30-,34+/m1/s1. The van der Waals surface area contributed by atoms with Crippen LogP contribution < -0.4 is 15.0 Å². The van der Waals surface area contributed by atoms with Gasteiger partial charge in [-0.05, 0) is 42.7 Å². The first kappa shape index (κ1) is 30.5. The molecule has 4 aliphatic rings. The largest absolute Gasteiger partial charge is 0.497 e. The summed E-state index contributed by atoms with van der Waals surface area (Å²) in [7, 11) is 1.56. The zero-order valence-electron chi connectivity index (χ0n) is 25.0. The highest BCUT2D eigenvalue weighted by molar-refractivity contribution is 6.05. The van der Waals surface area contributed by atoms with E-state index in [2.05, 4.69) is 5.32 Å². The third kappa shape index (κ3) is 5.62. The number of carbonyl (C=O) groups is 4. The lowest BCUT2D eigenvalue weighted by Crippen LogP contribution is -2.55. The summed E-state index contributed by atoms with van der Waals surface area (Å²) >= 11 is 0. The molecule has 0 aromatic heterocycles. The topological polar surface area (TPSA) is 135 Å². The molecule has 0 saturated carbocycles. The van der Waals surface area contributed by atoms with Crippen LogP contribution in [0.5, 0.6) is 5.75 Å². The van der Waals surface area contributed by atoms with Crippen LogP contribution in [0.1, 0.15) is 30.9 Å². The third-order valence-electron chi connectivity index (χ3n) is 8.99. The Kier molecular flexibility index (Phi) is 8.73. The Balaban J connectivity index is 1.41. The number of esters is 1. The number of rotatable bonds is 6. The van der Waals surface area contributed by atoms with Gasteiger partial charge in [0.05, 0.1) is 25.7 Å². The maximum Gasteiger partial charge on any atom is 0.313 e. The maximum atomic E-state index is 14.5. The number of methoxy groups -OCH3 is 1. The van der Waals surface area contributed by atoms with E-state index in [-0.39, 0.29) is 50.9 Å². The molecule has 6 atom stereocenters. The van der Waals surface area contributed by atoms with Crippen LogP contribution in [0.15, 0.2) is 78.9 Å². The van der Waals surface area contributed by atoms with Gasteiger partial charge in [0.2, 0.25) is 11.8 Å². The number of allylic oxidation sites excluding steroid dienone is 1. The highest BCUT2D eigenvalue weighted by Crippen LogP contribution is 2.53. The Labute approximate surface area is 261 Å². The van der Waals surface area contributed by atoms with Crippen molar-refractivity contribution in [2.24, 2.45) is 11.8 Å². The van der Waals surface area contributed by atoms with Crippen molar-refractivity contribution in [2.45, 2.75) is 43.1 Å². The van der Waals surface area contributed by atoms with Gasteiger partial charge >= 0.3 is 5.97 Å². The van der Waals surface area contributed by atoms with E-state index in [1.165, 1.54) is 4.90 Å². The smallest absolute Gasteiger partial charge is 0.313 e. The molecule has 2 saturated heterocycles. The summed E-state index contributed by atoms with van der Waals surface area (Å²) in [6.07, 6.45) is 6.24. The zero-order chi connectivity index (χ0) is 31.6. The van der Waals surface area contributed by atoms with Crippen molar-refractivity contribution in [3.8, 4) is 5.75 Å².